The maximum atomic E-state index is 6.27. The largest absolute Gasteiger partial charge is 0.372 e. The predicted molar refractivity (Wildman–Crippen MR) is 91.7 cm³/mol. The van der Waals surface area contributed by atoms with Crippen molar-refractivity contribution in [3.8, 4) is 0 Å². The van der Waals surface area contributed by atoms with Crippen LogP contribution in [0.15, 0.2) is 54.6 Å². The summed E-state index contributed by atoms with van der Waals surface area (Å²) in [6.45, 7) is 6.44. The van der Waals surface area contributed by atoms with Gasteiger partial charge in [0.1, 0.15) is 0 Å². The molecule has 21 heavy (non-hydrogen) atoms. The van der Waals surface area contributed by atoms with Gasteiger partial charge >= 0.3 is 0 Å². The SMILES string of the molecule is CCN(CCCC(N)c1ccccc1)c1cccc(C)c1. The van der Waals surface area contributed by atoms with E-state index in [0.717, 1.165) is 25.9 Å². The molecule has 0 bridgehead atoms. The van der Waals surface area contributed by atoms with Gasteiger partial charge in [0.2, 0.25) is 0 Å². The zero-order valence-electron chi connectivity index (χ0n) is 13.1. The number of rotatable bonds is 7. The molecule has 2 aromatic rings. The van der Waals surface area contributed by atoms with E-state index >= 15 is 0 Å². The third-order valence-corrected chi connectivity index (χ3v) is 3.92. The van der Waals surface area contributed by atoms with E-state index < -0.39 is 0 Å². The van der Waals surface area contributed by atoms with Crippen molar-refractivity contribution in [3.63, 3.8) is 0 Å². The first-order valence-electron chi connectivity index (χ1n) is 7.83. The maximum absolute atomic E-state index is 6.27. The van der Waals surface area contributed by atoms with Crippen molar-refractivity contribution in [2.45, 2.75) is 32.7 Å². The summed E-state index contributed by atoms with van der Waals surface area (Å²) in [6.07, 6.45) is 2.13. The minimum absolute atomic E-state index is 0.141. The number of nitrogens with zero attached hydrogens (tertiary/aromatic N) is 1. The Hall–Kier alpha value is -1.80. The molecule has 0 aliphatic carbocycles. The van der Waals surface area contributed by atoms with Gasteiger partial charge in [-0.1, -0.05) is 42.5 Å². The van der Waals surface area contributed by atoms with E-state index in [1.165, 1.54) is 16.8 Å². The highest BCUT2D eigenvalue weighted by atomic mass is 15.1. The highest BCUT2D eigenvalue weighted by molar-refractivity contribution is 5.48. The highest BCUT2D eigenvalue weighted by Crippen LogP contribution is 2.19. The first-order valence-corrected chi connectivity index (χ1v) is 7.83. The Morgan fingerprint density at radius 3 is 2.48 bits per heavy atom. The van der Waals surface area contributed by atoms with Gasteiger partial charge in [0.05, 0.1) is 0 Å². The van der Waals surface area contributed by atoms with E-state index in [2.05, 4.69) is 67.3 Å². The van der Waals surface area contributed by atoms with Crippen LogP contribution in [0.3, 0.4) is 0 Å². The average Bonchev–Trinajstić information content (AvgIpc) is 2.52. The highest BCUT2D eigenvalue weighted by Gasteiger charge is 2.08. The van der Waals surface area contributed by atoms with E-state index in [-0.39, 0.29) is 6.04 Å². The quantitative estimate of drug-likeness (QED) is 0.820. The summed E-state index contributed by atoms with van der Waals surface area (Å²) in [5.41, 5.74) is 10.1. The summed E-state index contributed by atoms with van der Waals surface area (Å²) in [5.74, 6) is 0. The molecule has 2 rings (SSSR count). The van der Waals surface area contributed by atoms with Gasteiger partial charge in [0.25, 0.3) is 0 Å². The van der Waals surface area contributed by atoms with Gasteiger partial charge in [-0.25, -0.2) is 0 Å². The Morgan fingerprint density at radius 1 is 1.05 bits per heavy atom. The van der Waals surface area contributed by atoms with Crippen molar-refractivity contribution >= 4 is 5.69 Å². The Morgan fingerprint density at radius 2 is 1.81 bits per heavy atom. The zero-order valence-corrected chi connectivity index (χ0v) is 13.1. The molecule has 0 spiro atoms. The van der Waals surface area contributed by atoms with Gasteiger partial charge in [-0.2, -0.15) is 0 Å². The molecule has 0 aliphatic heterocycles. The van der Waals surface area contributed by atoms with Gasteiger partial charge in [-0.15, -0.1) is 0 Å². The first-order chi connectivity index (χ1) is 10.2. The van der Waals surface area contributed by atoms with E-state index in [9.17, 15) is 0 Å². The summed E-state index contributed by atoms with van der Waals surface area (Å²) in [5, 5.41) is 0. The van der Waals surface area contributed by atoms with Crippen molar-refractivity contribution in [2.75, 3.05) is 18.0 Å². The Kier molecular flexibility index (Phi) is 5.82. The summed E-state index contributed by atoms with van der Waals surface area (Å²) in [6, 6.07) is 19.2. The molecule has 0 aromatic heterocycles. The van der Waals surface area contributed by atoms with Crippen LogP contribution in [-0.4, -0.2) is 13.1 Å². The van der Waals surface area contributed by atoms with Gasteiger partial charge < -0.3 is 10.6 Å². The lowest BCUT2D eigenvalue weighted by molar-refractivity contribution is 0.602. The molecule has 0 amide bonds. The van der Waals surface area contributed by atoms with Crippen LogP contribution in [0, 0.1) is 6.92 Å². The smallest absolute Gasteiger partial charge is 0.0368 e. The molecule has 0 fully saturated rings. The van der Waals surface area contributed by atoms with Gasteiger partial charge in [0, 0.05) is 24.8 Å². The number of hydrogen-bond donors (Lipinski definition) is 1. The second kappa shape index (κ2) is 7.84. The van der Waals surface area contributed by atoms with E-state index in [1.54, 1.807) is 0 Å². The fourth-order valence-electron chi connectivity index (χ4n) is 2.66. The summed E-state index contributed by atoms with van der Waals surface area (Å²) in [4.78, 5) is 2.42. The van der Waals surface area contributed by atoms with E-state index in [0.29, 0.717) is 0 Å². The van der Waals surface area contributed by atoms with Crippen molar-refractivity contribution in [1.29, 1.82) is 0 Å². The molecule has 0 aliphatic rings. The molecule has 0 heterocycles. The lowest BCUT2D eigenvalue weighted by atomic mass is 10.0. The van der Waals surface area contributed by atoms with E-state index in [4.69, 9.17) is 5.73 Å². The summed E-state index contributed by atoms with van der Waals surface area (Å²) < 4.78 is 0. The van der Waals surface area contributed by atoms with Crippen LogP contribution in [0.2, 0.25) is 0 Å². The topological polar surface area (TPSA) is 29.3 Å². The lowest BCUT2D eigenvalue weighted by Gasteiger charge is -2.24. The van der Waals surface area contributed by atoms with Crippen molar-refractivity contribution < 1.29 is 0 Å². The van der Waals surface area contributed by atoms with Crippen LogP contribution in [0.25, 0.3) is 0 Å². The molecule has 2 nitrogen and oxygen atoms in total. The predicted octanol–water partition coefficient (Wildman–Crippen LogP) is 4.30. The van der Waals surface area contributed by atoms with Gasteiger partial charge in [0.15, 0.2) is 0 Å². The molecular weight excluding hydrogens is 256 g/mol. The first kappa shape index (κ1) is 15.6. The van der Waals surface area contributed by atoms with E-state index in [1.807, 2.05) is 6.07 Å². The molecule has 112 valence electrons. The second-order valence-corrected chi connectivity index (χ2v) is 5.58. The van der Waals surface area contributed by atoms with Crippen molar-refractivity contribution in [1.82, 2.24) is 0 Å². The standard InChI is InChI=1S/C19H26N2/c1-3-21(18-12-7-9-16(2)15-18)14-8-13-19(20)17-10-5-4-6-11-17/h4-7,9-12,15,19H,3,8,13-14,20H2,1-2H3. The third kappa shape index (κ3) is 4.61. The molecule has 2 heteroatoms. The summed E-state index contributed by atoms with van der Waals surface area (Å²) >= 11 is 0. The average molecular weight is 282 g/mol. The fraction of sp³-hybridized carbons (Fsp3) is 0.368. The molecule has 1 unspecified atom stereocenters. The molecular formula is C19H26N2. The minimum atomic E-state index is 0.141. The van der Waals surface area contributed by atoms with Crippen LogP contribution in [0.1, 0.15) is 36.9 Å². The number of benzene rings is 2. The number of hydrogen-bond acceptors (Lipinski definition) is 2. The normalized spacial score (nSPS) is 12.1. The molecule has 0 saturated carbocycles. The van der Waals surface area contributed by atoms with Crippen LogP contribution < -0.4 is 10.6 Å². The van der Waals surface area contributed by atoms with Crippen LogP contribution in [-0.2, 0) is 0 Å². The van der Waals surface area contributed by atoms with Crippen LogP contribution in [0.4, 0.5) is 5.69 Å². The minimum Gasteiger partial charge on any atom is -0.372 e. The van der Waals surface area contributed by atoms with Gasteiger partial charge in [-0.05, 0) is 49.9 Å². The van der Waals surface area contributed by atoms with Gasteiger partial charge in [-0.3, -0.25) is 0 Å². The lowest BCUT2D eigenvalue weighted by Crippen LogP contribution is -2.25. The maximum Gasteiger partial charge on any atom is 0.0368 e. The molecule has 2 aromatic carbocycles. The number of anilines is 1. The van der Waals surface area contributed by atoms with Crippen molar-refractivity contribution in [2.24, 2.45) is 5.73 Å². The zero-order chi connectivity index (χ0) is 15.1. The van der Waals surface area contributed by atoms with Crippen LogP contribution in [0.5, 0.6) is 0 Å². The van der Waals surface area contributed by atoms with Crippen LogP contribution >= 0.6 is 0 Å². The molecule has 2 N–H and O–H groups in total. The molecule has 0 saturated heterocycles. The fourth-order valence-corrected chi connectivity index (χ4v) is 2.66. The second-order valence-electron chi connectivity index (χ2n) is 5.58. The number of nitrogens with two attached hydrogens (primary N) is 1. The third-order valence-electron chi connectivity index (χ3n) is 3.92. The van der Waals surface area contributed by atoms with Crippen molar-refractivity contribution in [3.05, 3.63) is 65.7 Å². The Labute approximate surface area is 128 Å². The summed E-state index contributed by atoms with van der Waals surface area (Å²) in [7, 11) is 0. The monoisotopic (exact) mass is 282 g/mol. The molecule has 0 radical (unpaired) electrons. The number of aryl methyl sites for hydroxylation is 1. The Bertz CT molecular complexity index is 536. The molecule has 1 atom stereocenters. The Balaban J connectivity index is 1.86.